The molecule has 0 radical (unpaired) electrons. The summed E-state index contributed by atoms with van der Waals surface area (Å²) in [4.78, 5) is 10.5. The van der Waals surface area contributed by atoms with Gasteiger partial charge in [-0.2, -0.15) is 0 Å². The maximum atomic E-state index is 10.5. The van der Waals surface area contributed by atoms with Crippen molar-refractivity contribution in [3.63, 3.8) is 0 Å². The summed E-state index contributed by atoms with van der Waals surface area (Å²) in [5.41, 5.74) is 7.02. The Morgan fingerprint density at radius 1 is 0.944 bits per heavy atom. The molecule has 0 spiro atoms. The molecule has 0 unspecified atom stereocenters. The third-order valence-electron chi connectivity index (χ3n) is 1.89. The predicted molar refractivity (Wildman–Crippen MR) is 76.6 cm³/mol. The van der Waals surface area contributed by atoms with Crippen molar-refractivity contribution in [2.45, 2.75) is 6.92 Å². The van der Waals surface area contributed by atoms with Crippen molar-refractivity contribution >= 4 is 17.3 Å². The molecule has 0 aliphatic heterocycles. The third-order valence-corrected chi connectivity index (χ3v) is 1.89. The van der Waals surface area contributed by atoms with Gasteiger partial charge in [-0.25, -0.2) is 0 Å². The van der Waals surface area contributed by atoms with Crippen LogP contribution in [0.2, 0.25) is 0 Å². The summed E-state index contributed by atoms with van der Waals surface area (Å²) in [6, 6.07) is 18.9. The number of amides is 1. The summed E-state index contributed by atoms with van der Waals surface area (Å²) in [5.74, 6) is -0.0359. The highest BCUT2D eigenvalue weighted by atomic mass is 16.1. The number of hydrogen-bond acceptors (Lipinski definition) is 3. The van der Waals surface area contributed by atoms with E-state index < -0.39 is 0 Å². The Morgan fingerprint density at radius 2 is 1.39 bits per heavy atom. The Morgan fingerprint density at radius 3 is 1.72 bits per heavy atom. The van der Waals surface area contributed by atoms with Gasteiger partial charge in [0, 0.05) is 18.3 Å². The van der Waals surface area contributed by atoms with Crippen LogP contribution in [0.3, 0.4) is 0 Å². The lowest BCUT2D eigenvalue weighted by atomic mass is 10.3. The summed E-state index contributed by atoms with van der Waals surface area (Å²) in [5, 5.41) is 2.67. The lowest BCUT2D eigenvalue weighted by Crippen LogP contribution is -2.04. The van der Waals surface area contributed by atoms with E-state index in [1.165, 1.54) is 6.92 Å². The fourth-order valence-electron chi connectivity index (χ4n) is 1.18. The second-order valence-electron chi connectivity index (χ2n) is 3.46. The molecule has 0 aliphatic rings. The summed E-state index contributed by atoms with van der Waals surface area (Å²) in [6.45, 7) is 1.49. The molecule has 2 rings (SSSR count). The van der Waals surface area contributed by atoms with Gasteiger partial charge in [0.2, 0.25) is 5.91 Å². The molecule has 0 aliphatic carbocycles. The fraction of sp³-hybridized carbons (Fsp3) is 0.0714. The van der Waals surface area contributed by atoms with Crippen molar-refractivity contribution in [2.24, 2.45) is 0 Å². The molecule has 0 atom stereocenters. The number of carbonyl (C=O) groups is 1. The molecule has 0 aromatic heterocycles. The van der Waals surface area contributed by atoms with Crippen LogP contribution in [0.25, 0.3) is 0 Å². The smallest absolute Gasteiger partial charge is 0.221 e. The van der Waals surface area contributed by atoms with Gasteiger partial charge >= 0.3 is 0 Å². The Labute approximate surface area is 107 Å². The van der Waals surface area contributed by atoms with E-state index in [1.54, 1.807) is 0 Å². The number of carbonyl (C=O) groups excluding carboxylic acids is 1. The molecule has 2 aromatic carbocycles. The minimum absolute atomic E-state index is 0. The maximum absolute atomic E-state index is 10.5. The summed E-state index contributed by atoms with van der Waals surface area (Å²) >= 11 is 0. The first-order valence-corrected chi connectivity index (χ1v) is 5.31. The first kappa shape index (κ1) is 15.7. The molecular formula is C14H19N3O. The molecule has 0 saturated carbocycles. The van der Waals surface area contributed by atoms with E-state index in [4.69, 9.17) is 5.73 Å². The Kier molecular flexibility index (Phi) is 7.64. The van der Waals surface area contributed by atoms with E-state index in [0.717, 1.165) is 11.4 Å². The van der Waals surface area contributed by atoms with Gasteiger partial charge < -0.3 is 17.2 Å². The van der Waals surface area contributed by atoms with Crippen molar-refractivity contribution in [1.82, 2.24) is 6.15 Å². The van der Waals surface area contributed by atoms with Crippen LogP contribution in [-0.4, -0.2) is 5.91 Å². The summed E-state index contributed by atoms with van der Waals surface area (Å²) in [7, 11) is 0. The van der Waals surface area contributed by atoms with Crippen molar-refractivity contribution in [2.75, 3.05) is 11.1 Å². The van der Waals surface area contributed by atoms with Crippen LogP contribution in [0.4, 0.5) is 11.4 Å². The van der Waals surface area contributed by atoms with Gasteiger partial charge in [0.1, 0.15) is 0 Å². The maximum Gasteiger partial charge on any atom is 0.221 e. The zero-order chi connectivity index (χ0) is 12.5. The molecule has 4 heteroatoms. The normalized spacial score (nSPS) is 8.28. The minimum Gasteiger partial charge on any atom is -0.399 e. The van der Waals surface area contributed by atoms with Gasteiger partial charge in [0.05, 0.1) is 0 Å². The zero-order valence-corrected chi connectivity index (χ0v) is 10.5. The quantitative estimate of drug-likeness (QED) is 0.674. The zero-order valence-electron chi connectivity index (χ0n) is 10.5. The van der Waals surface area contributed by atoms with Crippen molar-refractivity contribution in [1.29, 1.82) is 0 Å². The van der Waals surface area contributed by atoms with Crippen LogP contribution in [0.1, 0.15) is 6.92 Å². The highest BCUT2D eigenvalue weighted by Gasteiger charge is 1.90. The number of para-hydroxylation sites is 2. The molecule has 0 fully saturated rings. The van der Waals surface area contributed by atoms with E-state index >= 15 is 0 Å². The van der Waals surface area contributed by atoms with Gasteiger partial charge in [-0.05, 0) is 24.3 Å². The molecule has 0 saturated heterocycles. The first-order valence-electron chi connectivity index (χ1n) is 5.31. The van der Waals surface area contributed by atoms with E-state index in [1.807, 2.05) is 60.7 Å². The topological polar surface area (TPSA) is 90.1 Å². The number of benzene rings is 2. The molecule has 18 heavy (non-hydrogen) atoms. The summed E-state index contributed by atoms with van der Waals surface area (Å²) < 4.78 is 0. The number of nitrogens with one attached hydrogen (secondary N) is 1. The number of nitrogens with two attached hydrogens (primary N) is 1. The third kappa shape index (κ3) is 7.03. The number of anilines is 2. The summed E-state index contributed by atoms with van der Waals surface area (Å²) in [6.07, 6.45) is 0. The monoisotopic (exact) mass is 245 g/mol. The van der Waals surface area contributed by atoms with E-state index in [0.29, 0.717) is 0 Å². The molecule has 1 amide bonds. The van der Waals surface area contributed by atoms with Gasteiger partial charge in [-0.15, -0.1) is 0 Å². The molecule has 96 valence electrons. The van der Waals surface area contributed by atoms with Crippen LogP contribution in [-0.2, 0) is 4.79 Å². The van der Waals surface area contributed by atoms with Crippen molar-refractivity contribution in [3.8, 4) is 0 Å². The Bertz CT molecular complexity index is 443. The van der Waals surface area contributed by atoms with Crippen molar-refractivity contribution < 1.29 is 4.79 Å². The molecule has 0 bridgehead atoms. The molecule has 4 nitrogen and oxygen atoms in total. The SMILES string of the molecule is CC(=O)Nc1ccccc1.N.Nc1ccccc1. The average molecular weight is 245 g/mol. The fourth-order valence-corrected chi connectivity index (χ4v) is 1.18. The van der Waals surface area contributed by atoms with Crippen molar-refractivity contribution in [3.05, 3.63) is 60.7 Å². The van der Waals surface area contributed by atoms with Gasteiger partial charge in [0.25, 0.3) is 0 Å². The van der Waals surface area contributed by atoms with Crippen LogP contribution in [0, 0.1) is 0 Å². The number of rotatable bonds is 1. The number of hydrogen-bond donors (Lipinski definition) is 3. The lowest BCUT2D eigenvalue weighted by molar-refractivity contribution is -0.114. The highest BCUT2D eigenvalue weighted by Crippen LogP contribution is 2.03. The lowest BCUT2D eigenvalue weighted by Gasteiger charge is -1.98. The number of nitrogen functional groups attached to an aromatic ring is 1. The van der Waals surface area contributed by atoms with E-state index in [9.17, 15) is 4.79 Å². The largest absolute Gasteiger partial charge is 0.399 e. The van der Waals surface area contributed by atoms with Crippen LogP contribution in [0.5, 0.6) is 0 Å². The van der Waals surface area contributed by atoms with E-state index in [2.05, 4.69) is 5.32 Å². The minimum atomic E-state index is -0.0359. The second-order valence-corrected chi connectivity index (χ2v) is 3.46. The van der Waals surface area contributed by atoms with Crippen LogP contribution in [0.15, 0.2) is 60.7 Å². The Hall–Kier alpha value is -2.33. The average Bonchev–Trinajstić information content (AvgIpc) is 2.31. The predicted octanol–water partition coefficient (Wildman–Crippen LogP) is 3.08. The Balaban J connectivity index is 0.000000321. The van der Waals surface area contributed by atoms with Crippen LogP contribution < -0.4 is 17.2 Å². The molecule has 2 aromatic rings. The molecular weight excluding hydrogens is 226 g/mol. The van der Waals surface area contributed by atoms with Gasteiger partial charge in [-0.3, -0.25) is 4.79 Å². The highest BCUT2D eigenvalue weighted by molar-refractivity contribution is 5.88. The molecule has 0 heterocycles. The molecule has 6 N–H and O–H groups in total. The first-order chi connectivity index (χ1) is 8.18. The van der Waals surface area contributed by atoms with Crippen LogP contribution >= 0.6 is 0 Å². The second kappa shape index (κ2) is 8.78. The van der Waals surface area contributed by atoms with Gasteiger partial charge in [-0.1, -0.05) is 36.4 Å². The standard InChI is InChI=1S/C8H9NO.C6H7N.H3N/c1-7(10)9-8-5-3-2-4-6-8;7-6-4-2-1-3-5-6;/h2-6H,1H3,(H,9,10);1-5H,7H2;1H3. The van der Waals surface area contributed by atoms with E-state index in [-0.39, 0.29) is 12.1 Å². The van der Waals surface area contributed by atoms with Gasteiger partial charge in [0.15, 0.2) is 0 Å².